The van der Waals surface area contributed by atoms with E-state index in [0.29, 0.717) is 41.9 Å². The second-order valence-electron chi connectivity index (χ2n) is 6.35. The normalized spacial score (nSPS) is 11.4. The van der Waals surface area contributed by atoms with Gasteiger partial charge in [-0.1, -0.05) is 12.1 Å². The molecule has 6 nitrogen and oxygen atoms in total. The molecule has 0 spiro atoms. The molecule has 0 saturated heterocycles. The summed E-state index contributed by atoms with van der Waals surface area (Å²) >= 11 is 0. The zero-order valence-corrected chi connectivity index (χ0v) is 15.1. The van der Waals surface area contributed by atoms with Gasteiger partial charge in [0.15, 0.2) is 5.39 Å². The summed E-state index contributed by atoms with van der Waals surface area (Å²) in [6.45, 7) is 0.744. The standard InChI is InChI=1S/C21H17FN2O4/c1-27-12-4-11-24-19(13-7-9-14(22)10-8-13)23-20-17(21(24)26)18(25)15-5-2-3-6-16(15)28-20/h2-3,5-10H,4,11-12H2,1H3. The summed E-state index contributed by atoms with van der Waals surface area (Å²) in [4.78, 5) is 30.6. The summed E-state index contributed by atoms with van der Waals surface area (Å²) in [5.41, 5.74) is -0.0286. The first-order valence-corrected chi connectivity index (χ1v) is 8.81. The molecule has 2 aromatic carbocycles. The van der Waals surface area contributed by atoms with Crippen molar-refractivity contribution in [2.45, 2.75) is 13.0 Å². The molecule has 0 unspecified atom stereocenters. The van der Waals surface area contributed by atoms with E-state index in [4.69, 9.17) is 9.15 Å². The van der Waals surface area contributed by atoms with Crippen molar-refractivity contribution in [1.82, 2.24) is 9.55 Å². The Hall–Kier alpha value is -3.32. The van der Waals surface area contributed by atoms with Gasteiger partial charge in [0.25, 0.3) is 5.56 Å². The number of rotatable bonds is 5. The lowest BCUT2D eigenvalue weighted by Crippen LogP contribution is -2.28. The number of hydrogen-bond donors (Lipinski definition) is 0. The van der Waals surface area contributed by atoms with Crippen molar-refractivity contribution in [3.63, 3.8) is 0 Å². The van der Waals surface area contributed by atoms with Crippen molar-refractivity contribution in [2.24, 2.45) is 0 Å². The smallest absolute Gasteiger partial charge is 0.269 e. The number of methoxy groups -OCH3 is 1. The van der Waals surface area contributed by atoms with Gasteiger partial charge in [-0.2, -0.15) is 4.98 Å². The number of nitrogens with zero attached hydrogens (tertiary/aromatic N) is 2. The summed E-state index contributed by atoms with van der Waals surface area (Å²) in [7, 11) is 1.57. The van der Waals surface area contributed by atoms with Crippen LogP contribution in [0, 0.1) is 5.82 Å². The van der Waals surface area contributed by atoms with Crippen LogP contribution in [0.5, 0.6) is 0 Å². The maximum Gasteiger partial charge on any atom is 0.269 e. The van der Waals surface area contributed by atoms with Crippen LogP contribution in [0.2, 0.25) is 0 Å². The fourth-order valence-electron chi connectivity index (χ4n) is 3.18. The zero-order valence-electron chi connectivity index (χ0n) is 15.1. The van der Waals surface area contributed by atoms with Gasteiger partial charge >= 0.3 is 0 Å². The van der Waals surface area contributed by atoms with Gasteiger partial charge in [-0.15, -0.1) is 0 Å². The maximum atomic E-state index is 13.3. The van der Waals surface area contributed by atoms with E-state index in [0.717, 1.165) is 0 Å². The molecule has 7 heteroatoms. The summed E-state index contributed by atoms with van der Waals surface area (Å²) in [5.74, 6) is -0.0811. The van der Waals surface area contributed by atoms with Gasteiger partial charge in [0.2, 0.25) is 11.1 Å². The van der Waals surface area contributed by atoms with Gasteiger partial charge in [0.1, 0.15) is 17.2 Å². The largest absolute Gasteiger partial charge is 0.437 e. The van der Waals surface area contributed by atoms with Gasteiger partial charge in [-0.25, -0.2) is 4.39 Å². The van der Waals surface area contributed by atoms with Crippen molar-refractivity contribution in [3.05, 3.63) is 74.9 Å². The first-order valence-electron chi connectivity index (χ1n) is 8.81. The topological polar surface area (TPSA) is 74.3 Å². The van der Waals surface area contributed by atoms with Crippen LogP contribution in [-0.2, 0) is 11.3 Å². The van der Waals surface area contributed by atoms with Gasteiger partial charge in [0.05, 0.1) is 5.39 Å². The van der Waals surface area contributed by atoms with Crippen molar-refractivity contribution in [2.75, 3.05) is 13.7 Å². The highest BCUT2D eigenvalue weighted by Gasteiger charge is 2.18. The van der Waals surface area contributed by atoms with Crippen LogP contribution in [0.25, 0.3) is 33.5 Å². The molecule has 0 atom stereocenters. The Balaban J connectivity index is 2.04. The van der Waals surface area contributed by atoms with E-state index in [-0.39, 0.29) is 11.1 Å². The van der Waals surface area contributed by atoms with Crippen LogP contribution in [0.4, 0.5) is 4.39 Å². The summed E-state index contributed by atoms with van der Waals surface area (Å²) in [6, 6.07) is 12.4. The summed E-state index contributed by atoms with van der Waals surface area (Å²) in [6.07, 6.45) is 0.552. The predicted molar refractivity (Wildman–Crippen MR) is 104 cm³/mol. The van der Waals surface area contributed by atoms with Crippen molar-refractivity contribution >= 4 is 22.1 Å². The molecule has 0 bridgehead atoms. The molecular formula is C21H17FN2O4. The Morgan fingerprint density at radius 2 is 1.86 bits per heavy atom. The molecular weight excluding hydrogens is 363 g/mol. The average molecular weight is 380 g/mol. The van der Waals surface area contributed by atoms with Crippen LogP contribution in [0.15, 0.2) is 62.5 Å². The molecule has 142 valence electrons. The van der Waals surface area contributed by atoms with E-state index < -0.39 is 16.8 Å². The van der Waals surface area contributed by atoms with E-state index in [1.165, 1.54) is 28.8 Å². The van der Waals surface area contributed by atoms with Gasteiger partial charge in [-0.05, 0) is 42.8 Å². The van der Waals surface area contributed by atoms with Crippen LogP contribution < -0.4 is 11.0 Å². The van der Waals surface area contributed by atoms with Gasteiger partial charge < -0.3 is 9.15 Å². The van der Waals surface area contributed by atoms with E-state index in [1.807, 2.05) is 0 Å². The van der Waals surface area contributed by atoms with E-state index in [9.17, 15) is 14.0 Å². The molecule has 2 heterocycles. The molecule has 0 fully saturated rings. The SMILES string of the molecule is COCCCn1c(-c2ccc(F)cc2)nc2oc3ccccc3c(=O)c2c1=O. The fourth-order valence-corrected chi connectivity index (χ4v) is 3.18. The lowest BCUT2D eigenvalue weighted by molar-refractivity contribution is 0.190. The minimum atomic E-state index is -0.486. The Labute approximate surface area is 158 Å². The van der Waals surface area contributed by atoms with Crippen molar-refractivity contribution in [1.29, 1.82) is 0 Å². The molecule has 0 aliphatic carbocycles. The second kappa shape index (κ2) is 7.36. The zero-order chi connectivity index (χ0) is 19.7. The van der Waals surface area contributed by atoms with Crippen LogP contribution in [-0.4, -0.2) is 23.3 Å². The maximum absolute atomic E-state index is 13.3. The fraction of sp³-hybridized carbons (Fsp3) is 0.190. The van der Waals surface area contributed by atoms with Gasteiger partial charge in [-0.3, -0.25) is 14.2 Å². The highest BCUT2D eigenvalue weighted by molar-refractivity contribution is 5.88. The lowest BCUT2D eigenvalue weighted by atomic mass is 10.1. The molecule has 0 N–H and O–H groups in total. The van der Waals surface area contributed by atoms with Crippen LogP contribution in [0.3, 0.4) is 0 Å². The molecule has 0 saturated carbocycles. The molecule has 0 aliphatic rings. The Morgan fingerprint density at radius 3 is 2.61 bits per heavy atom. The van der Waals surface area contributed by atoms with E-state index >= 15 is 0 Å². The number of hydrogen-bond acceptors (Lipinski definition) is 5. The quantitative estimate of drug-likeness (QED) is 0.392. The average Bonchev–Trinajstić information content (AvgIpc) is 2.70. The first-order chi connectivity index (χ1) is 13.6. The molecule has 0 amide bonds. The Morgan fingerprint density at radius 1 is 1.11 bits per heavy atom. The highest BCUT2D eigenvalue weighted by atomic mass is 19.1. The number of benzene rings is 2. The van der Waals surface area contributed by atoms with E-state index in [2.05, 4.69) is 4.98 Å². The molecule has 4 rings (SSSR count). The van der Waals surface area contributed by atoms with Crippen molar-refractivity contribution < 1.29 is 13.5 Å². The number of halogens is 1. The Kier molecular flexibility index (Phi) is 4.75. The van der Waals surface area contributed by atoms with Crippen LogP contribution in [0.1, 0.15) is 6.42 Å². The minimum Gasteiger partial charge on any atom is -0.437 e. The summed E-state index contributed by atoms with van der Waals surface area (Å²) in [5, 5.41) is 0.230. The van der Waals surface area contributed by atoms with Crippen LogP contribution >= 0.6 is 0 Å². The first kappa shape index (κ1) is 18.1. The molecule has 2 aromatic heterocycles. The third-order valence-electron chi connectivity index (χ3n) is 4.53. The minimum absolute atomic E-state index is 0.0315. The van der Waals surface area contributed by atoms with Crippen molar-refractivity contribution in [3.8, 4) is 11.4 Å². The number of ether oxygens (including phenoxy) is 1. The number of aromatic nitrogens is 2. The predicted octanol–water partition coefficient (Wildman–Crippen LogP) is 3.35. The molecule has 28 heavy (non-hydrogen) atoms. The number of fused-ring (bicyclic) bond motifs is 2. The highest BCUT2D eigenvalue weighted by Crippen LogP contribution is 2.21. The third-order valence-corrected chi connectivity index (χ3v) is 4.53. The van der Waals surface area contributed by atoms with Gasteiger partial charge in [0, 0.05) is 25.8 Å². The molecule has 0 radical (unpaired) electrons. The lowest BCUT2D eigenvalue weighted by Gasteiger charge is -2.13. The van der Waals surface area contributed by atoms with E-state index in [1.54, 1.807) is 31.4 Å². The Bertz CT molecular complexity index is 1280. The summed E-state index contributed by atoms with van der Waals surface area (Å²) < 4.78 is 25.6. The monoisotopic (exact) mass is 380 g/mol. The molecule has 0 aliphatic heterocycles. The number of para-hydroxylation sites is 1. The molecule has 4 aromatic rings. The third kappa shape index (κ3) is 3.10. The second-order valence-corrected chi connectivity index (χ2v) is 6.35.